The first-order valence-electron chi connectivity index (χ1n) is 4.39. The van der Waals surface area contributed by atoms with Crippen LogP contribution in [-0.4, -0.2) is 7.11 Å². The van der Waals surface area contributed by atoms with Crippen molar-refractivity contribution >= 4 is 0 Å². The molecule has 1 nitrogen and oxygen atoms in total. The van der Waals surface area contributed by atoms with E-state index in [1.54, 1.807) is 13.2 Å². The molecule has 1 heteroatoms. The van der Waals surface area contributed by atoms with Crippen LogP contribution < -0.4 is 0 Å². The maximum absolute atomic E-state index is 5.10. The van der Waals surface area contributed by atoms with Crippen LogP contribution in [0.2, 0.25) is 0 Å². The average Bonchev–Trinajstić information content (AvgIpc) is 2.19. The molecule has 0 spiro atoms. The highest BCUT2D eigenvalue weighted by Gasteiger charge is 1.96. The molecule has 0 aromatic carbocycles. The third-order valence-corrected chi connectivity index (χ3v) is 1.95. The van der Waals surface area contributed by atoms with Gasteiger partial charge in [-0.3, -0.25) is 0 Å². The monoisotopic (exact) mass is 178 g/mol. The Morgan fingerprint density at radius 3 is 2.23 bits per heavy atom. The lowest BCUT2D eigenvalue weighted by atomic mass is 10.1. The van der Waals surface area contributed by atoms with Crippen LogP contribution in [0.25, 0.3) is 0 Å². The zero-order valence-electron chi connectivity index (χ0n) is 8.76. The van der Waals surface area contributed by atoms with E-state index in [2.05, 4.69) is 20.1 Å². The van der Waals surface area contributed by atoms with E-state index < -0.39 is 0 Å². The van der Waals surface area contributed by atoms with E-state index in [-0.39, 0.29) is 0 Å². The van der Waals surface area contributed by atoms with Gasteiger partial charge in [0, 0.05) is 0 Å². The Bertz CT molecular complexity index is 244. The Kier molecular flexibility index (Phi) is 5.69. The molecule has 0 radical (unpaired) electrons. The summed E-state index contributed by atoms with van der Waals surface area (Å²) in [4.78, 5) is 0. The Labute approximate surface area is 81.1 Å². The van der Waals surface area contributed by atoms with Crippen molar-refractivity contribution in [2.24, 2.45) is 0 Å². The van der Waals surface area contributed by atoms with Crippen LogP contribution in [0.3, 0.4) is 0 Å². The summed E-state index contributed by atoms with van der Waals surface area (Å²) in [6.07, 6.45) is 6.51. The van der Waals surface area contributed by atoms with Crippen molar-refractivity contribution in [1.82, 2.24) is 0 Å². The first kappa shape index (κ1) is 11.8. The predicted molar refractivity (Wildman–Crippen MR) is 58.5 cm³/mol. The van der Waals surface area contributed by atoms with Crippen molar-refractivity contribution in [2.75, 3.05) is 7.11 Å². The summed E-state index contributed by atoms with van der Waals surface area (Å²) in [5, 5.41) is 0. The Morgan fingerprint density at radius 2 is 1.92 bits per heavy atom. The van der Waals surface area contributed by atoms with Gasteiger partial charge >= 0.3 is 0 Å². The van der Waals surface area contributed by atoms with E-state index in [9.17, 15) is 0 Å². The van der Waals surface area contributed by atoms with Gasteiger partial charge in [-0.05, 0) is 36.6 Å². The number of ether oxygens (including phenoxy) is 1. The largest absolute Gasteiger partial charge is 0.497 e. The molecule has 13 heavy (non-hydrogen) atoms. The molecule has 0 aromatic heterocycles. The van der Waals surface area contributed by atoms with Crippen LogP contribution >= 0.6 is 0 Å². The first-order valence-corrected chi connectivity index (χ1v) is 4.39. The highest BCUT2D eigenvalue weighted by Crippen LogP contribution is 2.13. The second-order valence-corrected chi connectivity index (χ2v) is 2.72. The normalized spacial score (nSPS) is 13.3. The van der Waals surface area contributed by atoms with Gasteiger partial charge in [-0.2, -0.15) is 0 Å². The molecule has 0 bridgehead atoms. The van der Waals surface area contributed by atoms with E-state index >= 15 is 0 Å². The molecule has 0 heterocycles. The highest BCUT2D eigenvalue weighted by molar-refractivity contribution is 5.33. The van der Waals surface area contributed by atoms with Crippen LogP contribution in [0, 0.1) is 0 Å². The summed E-state index contributed by atoms with van der Waals surface area (Å²) in [7, 11) is 1.64. The second-order valence-electron chi connectivity index (χ2n) is 2.72. The lowest BCUT2D eigenvalue weighted by Crippen LogP contribution is -1.86. The van der Waals surface area contributed by atoms with Crippen molar-refractivity contribution in [1.29, 1.82) is 0 Å². The fourth-order valence-electron chi connectivity index (χ4n) is 0.999. The molecule has 72 valence electrons. The van der Waals surface area contributed by atoms with Gasteiger partial charge in [0.15, 0.2) is 0 Å². The van der Waals surface area contributed by atoms with Gasteiger partial charge in [0.05, 0.1) is 7.11 Å². The molecule has 0 atom stereocenters. The Hall–Kier alpha value is -1.24. The average molecular weight is 178 g/mol. The smallest absolute Gasteiger partial charge is 0.118 e. The second kappa shape index (κ2) is 6.30. The summed E-state index contributed by atoms with van der Waals surface area (Å²) < 4.78 is 5.10. The summed E-state index contributed by atoms with van der Waals surface area (Å²) in [6, 6.07) is 0. The molecule has 0 aliphatic rings. The lowest BCUT2D eigenvalue weighted by molar-refractivity contribution is 0.306. The summed E-state index contributed by atoms with van der Waals surface area (Å²) in [6.45, 7) is 11.5. The zero-order valence-corrected chi connectivity index (χ0v) is 8.76. The minimum absolute atomic E-state index is 0.790. The van der Waals surface area contributed by atoms with E-state index in [1.807, 2.05) is 19.1 Å². The van der Waals surface area contributed by atoms with E-state index in [0.29, 0.717) is 0 Å². The molecular weight excluding hydrogens is 160 g/mol. The fourth-order valence-corrected chi connectivity index (χ4v) is 0.999. The molecule has 0 saturated carbocycles. The minimum atomic E-state index is 0.790. The standard InChI is InChI=1S/C12H18O/c1-6-10(4)11(7-2)9-12(8-3)13-5/h6,8-9H,1,3,7H2,2,4-5H3/b11-10-,12-9+. The third kappa shape index (κ3) is 3.79. The number of hydrogen-bond donors (Lipinski definition) is 0. The molecule has 0 aliphatic carbocycles. The van der Waals surface area contributed by atoms with Gasteiger partial charge in [0.2, 0.25) is 0 Å². The SMILES string of the molecule is C=C/C(C)=C(\C=C(/C=C)OC)CC. The first-order chi connectivity index (χ1) is 6.19. The van der Waals surface area contributed by atoms with Gasteiger partial charge in [-0.1, -0.05) is 26.2 Å². The molecule has 0 unspecified atom stereocenters. The van der Waals surface area contributed by atoms with Gasteiger partial charge in [0.25, 0.3) is 0 Å². The van der Waals surface area contributed by atoms with E-state index in [1.165, 1.54) is 11.1 Å². The van der Waals surface area contributed by atoms with Gasteiger partial charge in [-0.25, -0.2) is 0 Å². The molecule has 0 saturated heterocycles. The summed E-state index contributed by atoms with van der Waals surface area (Å²) in [5.74, 6) is 0.790. The van der Waals surface area contributed by atoms with Crippen molar-refractivity contribution < 1.29 is 4.74 Å². The molecule has 0 aromatic rings. The fraction of sp³-hybridized carbons (Fsp3) is 0.333. The number of rotatable bonds is 5. The topological polar surface area (TPSA) is 9.23 Å². The van der Waals surface area contributed by atoms with Crippen molar-refractivity contribution in [2.45, 2.75) is 20.3 Å². The van der Waals surface area contributed by atoms with E-state index in [4.69, 9.17) is 4.74 Å². The molecule has 0 rings (SSSR count). The van der Waals surface area contributed by atoms with Gasteiger partial charge < -0.3 is 4.74 Å². The predicted octanol–water partition coefficient (Wildman–Crippen LogP) is 3.62. The minimum Gasteiger partial charge on any atom is -0.497 e. The molecule has 0 amide bonds. The summed E-state index contributed by atoms with van der Waals surface area (Å²) >= 11 is 0. The van der Waals surface area contributed by atoms with Crippen LogP contribution in [0.15, 0.2) is 48.3 Å². The Balaban J connectivity index is 4.90. The molecule has 0 aliphatic heterocycles. The lowest BCUT2D eigenvalue weighted by Gasteiger charge is -2.04. The summed E-state index contributed by atoms with van der Waals surface area (Å²) in [5.41, 5.74) is 2.41. The number of hydrogen-bond acceptors (Lipinski definition) is 1. The maximum atomic E-state index is 5.10. The quantitative estimate of drug-likeness (QED) is 0.461. The zero-order chi connectivity index (χ0) is 10.3. The number of allylic oxidation sites excluding steroid dienone is 5. The van der Waals surface area contributed by atoms with Crippen molar-refractivity contribution in [3.05, 3.63) is 48.3 Å². The van der Waals surface area contributed by atoms with Crippen LogP contribution in [0.4, 0.5) is 0 Å². The third-order valence-electron chi connectivity index (χ3n) is 1.95. The highest BCUT2D eigenvalue weighted by atomic mass is 16.5. The van der Waals surface area contributed by atoms with Crippen LogP contribution in [0.1, 0.15) is 20.3 Å². The van der Waals surface area contributed by atoms with Crippen LogP contribution in [0.5, 0.6) is 0 Å². The number of methoxy groups -OCH3 is 1. The van der Waals surface area contributed by atoms with Gasteiger partial charge in [-0.15, -0.1) is 0 Å². The van der Waals surface area contributed by atoms with E-state index in [0.717, 1.165) is 12.2 Å². The molecule has 0 fully saturated rings. The van der Waals surface area contributed by atoms with Crippen LogP contribution in [-0.2, 0) is 4.74 Å². The van der Waals surface area contributed by atoms with Crippen molar-refractivity contribution in [3.8, 4) is 0 Å². The van der Waals surface area contributed by atoms with Gasteiger partial charge in [0.1, 0.15) is 5.76 Å². The molecular formula is C12H18O. The molecule has 0 N–H and O–H groups in total. The van der Waals surface area contributed by atoms with Crippen molar-refractivity contribution in [3.63, 3.8) is 0 Å². The maximum Gasteiger partial charge on any atom is 0.118 e. The Morgan fingerprint density at radius 1 is 1.31 bits per heavy atom.